The lowest BCUT2D eigenvalue weighted by molar-refractivity contribution is -0.139. The van der Waals surface area contributed by atoms with Crippen LogP contribution in [0, 0.1) is 0 Å². The molecule has 0 aromatic heterocycles. The van der Waals surface area contributed by atoms with Crippen LogP contribution in [-0.4, -0.2) is 84.1 Å². The van der Waals surface area contributed by atoms with Gasteiger partial charge in [-0.3, -0.25) is 9.80 Å². The first-order chi connectivity index (χ1) is 17.2. The van der Waals surface area contributed by atoms with Gasteiger partial charge in [0.1, 0.15) is 0 Å². The highest BCUT2D eigenvalue weighted by Gasteiger charge is 2.39. The van der Waals surface area contributed by atoms with E-state index < -0.39 is 12.0 Å². The summed E-state index contributed by atoms with van der Waals surface area (Å²) in [5.41, 5.74) is 1.63. The number of hydrogen-bond acceptors (Lipinski definition) is 5. The van der Waals surface area contributed by atoms with Crippen molar-refractivity contribution in [3.63, 3.8) is 0 Å². The van der Waals surface area contributed by atoms with Crippen LogP contribution in [0.1, 0.15) is 39.3 Å². The van der Waals surface area contributed by atoms with Gasteiger partial charge in [-0.2, -0.15) is 0 Å². The Kier molecular flexibility index (Phi) is 9.39. The van der Waals surface area contributed by atoms with E-state index in [0.717, 1.165) is 0 Å². The van der Waals surface area contributed by atoms with Crippen molar-refractivity contribution in [2.75, 3.05) is 39.3 Å². The third kappa shape index (κ3) is 6.39. The minimum atomic E-state index is -0.707. The largest absolute Gasteiger partial charge is 0.463 e. The van der Waals surface area contributed by atoms with E-state index in [1.165, 1.54) is 4.90 Å². The average molecular weight is 518 g/mol. The second kappa shape index (κ2) is 12.3. The van der Waals surface area contributed by atoms with Gasteiger partial charge in [-0.25, -0.2) is 14.4 Å². The van der Waals surface area contributed by atoms with Gasteiger partial charge >= 0.3 is 18.0 Å². The molecule has 2 aliphatic heterocycles. The lowest BCUT2D eigenvalue weighted by atomic mass is 9.94. The molecule has 4 amide bonds. The predicted octanol–water partition coefficient (Wildman–Crippen LogP) is 3.53. The summed E-state index contributed by atoms with van der Waals surface area (Å²) in [6.07, 6.45) is 1.62. The molecule has 0 aliphatic carbocycles. The number of carbonyl (C=O) groups is 3. The number of carbonyl (C=O) groups excluding carboxylic acids is 3. The number of ether oxygens (including phenoxy) is 1. The Morgan fingerprint density at radius 2 is 2.08 bits per heavy atom. The maximum Gasteiger partial charge on any atom is 0.338 e. The van der Waals surface area contributed by atoms with Crippen molar-refractivity contribution in [3.05, 3.63) is 58.8 Å². The van der Waals surface area contributed by atoms with Gasteiger partial charge in [-0.1, -0.05) is 29.8 Å². The predicted molar refractivity (Wildman–Crippen MR) is 140 cm³/mol. The van der Waals surface area contributed by atoms with E-state index in [4.69, 9.17) is 16.3 Å². The van der Waals surface area contributed by atoms with Gasteiger partial charge in [0.05, 0.1) is 18.2 Å². The van der Waals surface area contributed by atoms with Gasteiger partial charge < -0.3 is 20.3 Å². The van der Waals surface area contributed by atoms with Crippen molar-refractivity contribution in [2.45, 2.75) is 45.8 Å². The molecule has 0 spiro atoms. The number of piperazine rings is 1. The van der Waals surface area contributed by atoms with Gasteiger partial charge in [-0.05, 0) is 45.4 Å². The molecule has 0 radical (unpaired) electrons. The van der Waals surface area contributed by atoms with E-state index in [-0.39, 0.29) is 37.3 Å². The van der Waals surface area contributed by atoms with Crippen LogP contribution in [0.2, 0.25) is 5.02 Å². The topological polar surface area (TPSA) is 94.2 Å². The summed E-state index contributed by atoms with van der Waals surface area (Å²) in [7, 11) is 0. The highest BCUT2D eigenvalue weighted by Crippen LogP contribution is 2.33. The van der Waals surface area contributed by atoms with Gasteiger partial charge in [0.15, 0.2) is 0 Å². The lowest BCUT2D eigenvalue weighted by Gasteiger charge is -2.43. The fraction of sp³-hybridized carbons (Fsp3) is 0.500. The normalized spacial score (nSPS) is 20.9. The third-order valence-electron chi connectivity index (χ3n) is 6.19. The molecule has 1 fully saturated rings. The first-order valence-electron chi connectivity index (χ1n) is 12.3. The first kappa shape index (κ1) is 27.5. The van der Waals surface area contributed by atoms with Crippen molar-refractivity contribution in [2.24, 2.45) is 0 Å². The summed E-state index contributed by atoms with van der Waals surface area (Å²) in [5, 5.41) is 6.40. The number of urea groups is 2. The van der Waals surface area contributed by atoms with Crippen LogP contribution < -0.4 is 10.6 Å². The minimum absolute atomic E-state index is 0.0434. The van der Waals surface area contributed by atoms with Gasteiger partial charge in [0.25, 0.3) is 0 Å². The maximum atomic E-state index is 13.3. The zero-order valence-electron chi connectivity index (χ0n) is 21.4. The molecule has 36 heavy (non-hydrogen) atoms. The molecular formula is C26H36ClN5O4. The Labute approximate surface area is 218 Å². The van der Waals surface area contributed by atoms with Crippen molar-refractivity contribution < 1.29 is 19.1 Å². The maximum absolute atomic E-state index is 13.3. The Hall–Kier alpha value is -3.04. The molecule has 196 valence electrons. The Morgan fingerprint density at radius 3 is 2.69 bits per heavy atom. The number of nitrogens with zero attached hydrogens (tertiary/aromatic N) is 3. The third-order valence-corrected chi connectivity index (χ3v) is 6.42. The van der Waals surface area contributed by atoms with E-state index in [1.54, 1.807) is 31.2 Å². The molecule has 1 aromatic rings. The monoisotopic (exact) mass is 517 g/mol. The summed E-state index contributed by atoms with van der Waals surface area (Å²) in [5.74, 6) is -0.491. The summed E-state index contributed by atoms with van der Waals surface area (Å²) in [6.45, 7) is 13.9. The van der Waals surface area contributed by atoms with Crippen molar-refractivity contribution in [1.29, 1.82) is 0 Å². The smallest absolute Gasteiger partial charge is 0.338 e. The van der Waals surface area contributed by atoms with Crippen LogP contribution >= 0.6 is 11.6 Å². The van der Waals surface area contributed by atoms with Crippen LogP contribution in [-0.2, 0) is 9.53 Å². The van der Waals surface area contributed by atoms with Gasteiger partial charge in [-0.15, -0.1) is 6.58 Å². The minimum Gasteiger partial charge on any atom is -0.463 e. The number of hydrogen-bond donors (Lipinski definition) is 2. The number of halogens is 1. The molecular weight excluding hydrogens is 482 g/mol. The van der Waals surface area contributed by atoms with Crippen molar-refractivity contribution >= 4 is 29.6 Å². The molecule has 9 nitrogen and oxygen atoms in total. The summed E-state index contributed by atoms with van der Waals surface area (Å²) in [4.78, 5) is 44.6. The molecule has 0 unspecified atom stereocenters. The number of benzene rings is 1. The second-order valence-corrected chi connectivity index (χ2v) is 9.74. The SMILES string of the molecule is C=CCN1C(=O)N[C@@H](c2cccc(Cl)c2)C(C(=O)OCC)=C1CN1CCN(C(=O)NC(C)C)[C@H](C)C1. The zero-order valence-corrected chi connectivity index (χ0v) is 22.2. The highest BCUT2D eigenvalue weighted by atomic mass is 35.5. The summed E-state index contributed by atoms with van der Waals surface area (Å²) < 4.78 is 5.44. The molecule has 2 atom stereocenters. The average Bonchev–Trinajstić information content (AvgIpc) is 2.80. The number of rotatable bonds is 8. The van der Waals surface area contributed by atoms with E-state index >= 15 is 0 Å². The van der Waals surface area contributed by atoms with E-state index in [2.05, 4.69) is 22.1 Å². The first-order valence-corrected chi connectivity index (χ1v) is 12.7. The van der Waals surface area contributed by atoms with Crippen LogP contribution in [0.15, 0.2) is 48.2 Å². The number of esters is 1. The quantitative estimate of drug-likeness (QED) is 0.406. The highest BCUT2D eigenvalue weighted by molar-refractivity contribution is 6.30. The van der Waals surface area contributed by atoms with Crippen molar-refractivity contribution in [1.82, 2.24) is 25.3 Å². The van der Waals surface area contributed by atoms with Gasteiger partial charge in [0, 0.05) is 55.5 Å². The summed E-state index contributed by atoms with van der Waals surface area (Å²) >= 11 is 6.23. The van der Waals surface area contributed by atoms with Gasteiger partial charge in [0.2, 0.25) is 0 Å². The van der Waals surface area contributed by atoms with E-state index in [9.17, 15) is 14.4 Å². The molecule has 0 saturated carbocycles. The molecule has 2 aliphatic rings. The van der Waals surface area contributed by atoms with E-state index in [0.29, 0.717) is 48.0 Å². The van der Waals surface area contributed by atoms with Crippen LogP contribution in [0.25, 0.3) is 0 Å². The van der Waals surface area contributed by atoms with Crippen molar-refractivity contribution in [3.8, 4) is 0 Å². The molecule has 2 N–H and O–H groups in total. The zero-order chi connectivity index (χ0) is 26.4. The Morgan fingerprint density at radius 1 is 1.33 bits per heavy atom. The molecule has 3 rings (SSSR count). The van der Waals surface area contributed by atoms with Crippen LogP contribution in [0.3, 0.4) is 0 Å². The van der Waals surface area contributed by atoms with Crippen LogP contribution in [0.4, 0.5) is 9.59 Å². The molecule has 0 bridgehead atoms. The Bertz CT molecular complexity index is 1030. The Balaban J connectivity index is 1.97. The molecule has 1 saturated heterocycles. The second-order valence-electron chi connectivity index (χ2n) is 9.30. The van der Waals surface area contributed by atoms with E-state index in [1.807, 2.05) is 31.7 Å². The molecule has 1 aromatic carbocycles. The fourth-order valence-electron chi connectivity index (χ4n) is 4.60. The molecule has 10 heteroatoms. The van der Waals surface area contributed by atoms with Crippen LogP contribution in [0.5, 0.6) is 0 Å². The standard InChI is InChI=1S/C26H36ClN5O4/c1-6-11-32-21(16-30-12-13-31(18(5)15-30)25(34)28-17(3)4)22(24(33)36-7-2)23(29-26(32)35)19-9-8-10-20(27)14-19/h6,8-10,14,17-18,23H,1,7,11-13,15-16H2,2-5H3,(H,28,34)(H,29,35)/t18-,23+/m1/s1. The fourth-order valence-corrected chi connectivity index (χ4v) is 4.80. The molecule has 2 heterocycles. The summed E-state index contributed by atoms with van der Waals surface area (Å²) in [6, 6.07) is 5.97. The number of amides is 4. The lowest BCUT2D eigenvalue weighted by Crippen LogP contribution is -2.58. The number of nitrogens with one attached hydrogen (secondary N) is 2.